The number of amides is 2. The molecule has 0 spiro atoms. The third-order valence-corrected chi connectivity index (χ3v) is 7.68. The Kier molecular flexibility index (Phi) is 6.33. The fraction of sp³-hybridized carbons (Fsp3) is 0.231. The van der Waals surface area contributed by atoms with Crippen molar-refractivity contribution in [3.05, 3.63) is 101 Å². The molecule has 0 aliphatic carbocycles. The number of hydrogen-bond acceptors (Lipinski definition) is 4. The van der Waals surface area contributed by atoms with Crippen molar-refractivity contribution in [3.63, 3.8) is 0 Å². The topological polar surface area (TPSA) is 74.8 Å². The molecule has 1 heterocycles. The predicted molar refractivity (Wildman–Crippen MR) is 126 cm³/mol. The van der Waals surface area contributed by atoms with Crippen LogP contribution in [-0.2, 0) is 23.0 Å². The molecule has 3 aromatic carbocycles. The Bertz CT molecular complexity index is 1270. The first-order valence-corrected chi connectivity index (χ1v) is 12.3. The summed E-state index contributed by atoms with van der Waals surface area (Å²) in [5.74, 6) is -0.826. The van der Waals surface area contributed by atoms with Crippen molar-refractivity contribution in [2.45, 2.75) is 37.8 Å². The van der Waals surface area contributed by atoms with Gasteiger partial charge in [-0.05, 0) is 49.6 Å². The first kappa shape index (κ1) is 22.7. The zero-order chi connectivity index (χ0) is 23.6. The zero-order valence-corrected chi connectivity index (χ0v) is 19.5. The van der Waals surface area contributed by atoms with Crippen LogP contribution < -0.4 is 0 Å². The normalized spacial score (nSPS) is 14.4. The summed E-state index contributed by atoms with van der Waals surface area (Å²) in [7, 11) is -3.98. The summed E-state index contributed by atoms with van der Waals surface area (Å²) in [6.45, 7) is 4.17. The van der Waals surface area contributed by atoms with Gasteiger partial charge in [-0.15, -0.1) is 0 Å². The third-order valence-electron chi connectivity index (χ3n) is 5.68. The maximum atomic E-state index is 13.5. The molecule has 0 radical (unpaired) electrons. The molecule has 33 heavy (non-hydrogen) atoms. The van der Waals surface area contributed by atoms with Gasteiger partial charge >= 0.3 is 0 Å². The quantitative estimate of drug-likeness (QED) is 0.529. The standard InChI is InChI=1S/C26H26N2O4S/c1-19(2)28-26(30)23-14-13-22(17-24(23)33(28,31)32)25(29)27(18-21-11-7-4-8-12-21)16-15-20-9-5-3-6-10-20/h3-14,17,19H,15-16,18H2,1-2H3. The molecule has 4 rings (SSSR count). The molecule has 0 bridgehead atoms. The molecule has 2 amide bonds. The molecule has 0 saturated carbocycles. The number of sulfonamides is 1. The van der Waals surface area contributed by atoms with E-state index in [0.717, 1.165) is 15.4 Å². The van der Waals surface area contributed by atoms with Crippen molar-refractivity contribution in [3.8, 4) is 0 Å². The summed E-state index contributed by atoms with van der Waals surface area (Å²) in [5.41, 5.74) is 2.45. The van der Waals surface area contributed by atoms with Crippen LogP contribution in [0.1, 0.15) is 45.7 Å². The second-order valence-electron chi connectivity index (χ2n) is 8.36. The van der Waals surface area contributed by atoms with Crippen LogP contribution in [-0.4, -0.2) is 42.0 Å². The van der Waals surface area contributed by atoms with Gasteiger partial charge in [0, 0.05) is 24.7 Å². The van der Waals surface area contributed by atoms with Gasteiger partial charge < -0.3 is 4.90 Å². The highest BCUT2D eigenvalue weighted by Gasteiger charge is 2.43. The maximum absolute atomic E-state index is 13.5. The number of carbonyl (C=O) groups excluding carboxylic acids is 2. The molecule has 6 nitrogen and oxygen atoms in total. The van der Waals surface area contributed by atoms with E-state index in [2.05, 4.69) is 0 Å². The Morgan fingerprint density at radius 3 is 2.12 bits per heavy atom. The van der Waals surface area contributed by atoms with Crippen LogP contribution in [0.3, 0.4) is 0 Å². The number of hydrogen-bond donors (Lipinski definition) is 0. The Morgan fingerprint density at radius 2 is 1.52 bits per heavy atom. The molecular formula is C26H26N2O4S. The van der Waals surface area contributed by atoms with Crippen LogP contribution >= 0.6 is 0 Å². The Labute approximate surface area is 194 Å². The molecule has 0 unspecified atom stereocenters. The summed E-state index contributed by atoms with van der Waals surface area (Å²) >= 11 is 0. The predicted octanol–water partition coefficient (Wildman–Crippen LogP) is 4.12. The molecule has 3 aromatic rings. The van der Waals surface area contributed by atoms with Crippen molar-refractivity contribution in [1.29, 1.82) is 0 Å². The summed E-state index contributed by atoms with van der Waals surface area (Å²) in [6, 6.07) is 23.4. The van der Waals surface area contributed by atoms with E-state index in [-0.39, 0.29) is 21.9 Å². The van der Waals surface area contributed by atoms with E-state index < -0.39 is 22.0 Å². The number of carbonyl (C=O) groups is 2. The highest BCUT2D eigenvalue weighted by molar-refractivity contribution is 7.90. The zero-order valence-electron chi connectivity index (χ0n) is 18.6. The fourth-order valence-electron chi connectivity index (χ4n) is 4.04. The van der Waals surface area contributed by atoms with Gasteiger partial charge in [-0.2, -0.15) is 0 Å². The minimum Gasteiger partial charge on any atom is -0.334 e. The fourth-order valence-corrected chi connectivity index (χ4v) is 5.83. The summed E-state index contributed by atoms with van der Waals surface area (Å²) in [5, 5.41) is 0. The van der Waals surface area contributed by atoms with Crippen LogP contribution in [0.15, 0.2) is 83.8 Å². The lowest BCUT2D eigenvalue weighted by atomic mass is 10.1. The highest BCUT2D eigenvalue weighted by Crippen LogP contribution is 2.33. The van der Waals surface area contributed by atoms with Crippen molar-refractivity contribution >= 4 is 21.8 Å². The minimum absolute atomic E-state index is 0.102. The summed E-state index contributed by atoms with van der Waals surface area (Å²) in [4.78, 5) is 27.7. The molecule has 0 fully saturated rings. The summed E-state index contributed by atoms with van der Waals surface area (Å²) < 4.78 is 26.8. The molecular weight excluding hydrogens is 436 g/mol. The maximum Gasteiger partial charge on any atom is 0.269 e. The van der Waals surface area contributed by atoms with Crippen molar-refractivity contribution in [2.24, 2.45) is 0 Å². The van der Waals surface area contributed by atoms with Crippen LogP contribution in [0, 0.1) is 0 Å². The van der Waals surface area contributed by atoms with Gasteiger partial charge in [-0.25, -0.2) is 12.7 Å². The molecule has 1 aliphatic rings. The van der Waals surface area contributed by atoms with Gasteiger partial charge in [0.1, 0.15) is 4.90 Å². The molecule has 0 saturated heterocycles. The molecule has 0 N–H and O–H groups in total. The Morgan fingerprint density at radius 1 is 0.909 bits per heavy atom. The van der Waals surface area contributed by atoms with Crippen LogP contribution in [0.2, 0.25) is 0 Å². The second-order valence-corrected chi connectivity index (χ2v) is 10.1. The first-order valence-electron chi connectivity index (χ1n) is 10.9. The number of rotatable bonds is 7. The van der Waals surface area contributed by atoms with Gasteiger partial charge in [0.05, 0.1) is 5.56 Å². The molecule has 0 aromatic heterocycles. The van der Waals surface area contributed by atoms with Gasteiger partial charge in [-0.1, -0.05) is 60.7 Å². The molecule has 170 valence electrons. The SMILES string of the molecule is CC(C)N1C(=O)c2ccc(C(=O)N(CCc3ccccc3)Cc3ccccc3)cc2S1(=O)=O. The van der Waals surface area contributed by atoms with E-state index in [1.807, 2.05) is 60.7 Å². The molecule has 1 aliphatic heterocycles. The largest absolute Gasteiger partial charge is 0.334 e. The third kappa shape index (κ3) is 4.54. The Hall–Kier alpha value is -3.45. The van der Waals surface area contributed by atoms with E-state index in [0.29, 0.717) is 19.5 Å². The van der Waals surface area contributed by atoms with E-state index >= 15 is 0 Å². The molecule has 7 heteroatoms. The van der Waals surface area contributed by atoms with Gasteiger partial charge in [0.25, 0.3) is 21.8 Å². The van der Waals surface area contributed by atoms with Crippen LogP contribution in [0.4, 0.5) is 0 Å². The van der Waals surface area contributed by atoms with Crippen LogP contribution in [0.5, 0.6) is 0 Å². The number of fused-ring (bicyclic) bond motifs is 1. The minimum atomic E-state index is -3.98. The van der Waals surface area contributed by atoms with Gasteiger partial charge in [-0.3, -0.25) is 9.59 Å². The van der Waals surface area contributed by atoms with E-state index in [1.54, 1.807) is 24.8 Å². The van der Waals surface area contributed by atoms with Crippen molar-refractivity contribution < 1.29 is 18.0 Å². The monoisotopic (exact) mass is 462 g/mol. The highest BCUT2D eigenvalue weighted by atomic mass is 32.2. The number of benzene rings is 3. The van der Waals surface area contributed by atoms with E-state index in [9.17, 15) is 18.0 Å². The van der Waals surface area contributed by atoms with E-state index in [4.69, 9.17) is 0 Å². The first-order chi connectivity index (χ1) is 15.8. The number of nitrogens with zero attached hydrogens (tertiary/aromatic N) is 2. The lowest BCUT2D eigenvalue weighted by molar-refractivity contribution is 0.0743. The lowest BCUT2D eigenvalue weighted by Crippen LogP contribution is -2.36. The van der Waals surface area contributed by atoms with E-state index in [1.165, 1.54) is 12.1 Å². The van der Waals surface area contributed by atoms with Gasteiger partial charge in [0.2, 0.25) is 0 Å². The summed E-state index contributed by atoms with van der Waals surface area (Å²) in [6.07, 6.45) is 0.669. The average molecular weight is 463 g/mol. The van der Waals surface area contributed by atoms with Gasteiger partial charge in [0.15, 0.2) is 0 Å². The van der Waals surface area contributed by atoms with Crippen LogP contribution in [0.25, 0.3) is 0 Å². The lowest BCUT2D eigenvalue weighted by Gasteiger charge is -2.23. The smallest absolute Gasteiger partial charge is 0.269 e. The Balaban J connectivity index is 1.65. The second kappa shape index (κ2) is 9.19. The average Bonchev–Trinajstić information content (AvgIpc) is 3.02. The van der Waals surface area contributed by atoms with Crippen molar-refractivity contribution in [2.75, 3.05) is 6.54 Å². The van der Waals surface area contributed by atoms with Crippen molar-refractivity contribution in [1.82, 2.24) is 9.21 Å². The molecule has 0 atom stereocenters.